The number of benzene rings is 1. The maximum atomic E-state index is 12.6. The molecule has 0 atom stereocenters. The summed E-state index contributed by atoms with van der Waals surface area (Å²) in [7, 11) is 0. The van der Waals surface area contributed by atoms with E-state index in [9.17, 15) is 9.59 Å². The fourth-order valence-corrected chi connectivity index (χ4v) is 4.25. The number of carbonyl (C=O) groups excluding carboxylic acids is 2. The fourth-order valence-electron chi connectivity index (χ4n) is 3.11. The van der Waals surface area contributed by atoms with Crippen molar-refractivity contribution in [3.8, 4) is 10.6 Å². The van der Waals surface area contributed by atoms with Crippen LogP contribution in [-0.4, -0.2) is 73.0 Å². The van der Waals surface area contributed by atoms with Gasteiger partial charge in [-0.2, -0.15) is 0 Å². The number of halogens is 1. The first-order valence-electron chi connectivity index (χ1n) is 9.06. The normalized spacial score (nSPS) is 14.2. The van der Waals surface area contributed by atoms with E-state index in [1.54, 1.807) is 9.80 Å². The van der Waals surface area contributed by atoms with Crippen LogP contribution in [0.1, 0.15) is 5.69 Å². The van der Waals surface area contributed by atoms with Crippen LogP contribution in [0.25, 0.3) is 10.6 Å². The molecule has 11 heteroatoms. The summed E-state index contributed by atoms with van der Waals surface area (Å²) < 4.78 is 1.39. The number of hydrogen-bond donors (Lipinski definition) is 0. The Balaban J connectivity index is 1.30. The number of tetrazole rings is 1. The van der Waals surface area contributed by atoms with E-state index in [-0.39, 0.29) is 24.8 Å². The lowest BCUT2D eigenvalue weighted by Gasteiger charge is -2.34. The molecule has 2 amide bonds. The molecule has 0 bridgehead atoms. The zero-order chi connectivity index (χ0) is 20.2. The highest BCUT2D eigenvalue weighted by molar-refractivity contribution is 7.13. The van der Waals surface area contributed by atoms with Crippen LogP contribution in [0.2, 0.25) is 5.02 Å². The van der Waals surface area contributed by atoms with Crippen molar-refractivity contribution < 1.29 is 9.59 Å². The molecule has 9 nitrogen and oxygen atoms in total. The molecule has 0 aliphatic carbocycles. The molecular formula is C18H18ClN7O2S. The van der Waals surface area contributed by atoms with Gasteiger partial charge in [0.1, 0.15) is 17.9 Å². The minimum absolute atomic E-state index is 0.00795. The van der Waals surface area contributed by atoms with Crippen LogP contribution >= 0.6 is 22.9 Å². The molecule has 0 saturated carbocycles. The van der Waals surface area contributed by atoms with Crippen LogP contribution in [0.4, 0.5) is 0 Å². The Morgan fingerprint density at radius 1 is 1.07 bits per heavy atom. The zero-order valence-corrected chi connectivity index (χ0v) is 17.0. The highest BCUT2D eigenvalue weighted by Crippen LogP contribution is 2.30. The topological polar surface area (TPSA) is 97.1 Å². The first kappa shape index (κ1) is 19.5. The van der Waals surface area contributed by atoms with E-state index in [1.165, 1.54) is 22.3 Å². The fraction of sp³-hybridized carbons (Fsp3) is 0.333. The van der Waals surface area contributed by atoms with Gasteiger partial charge in [0.25, 0.3) is 0 Å². The zero-order valence-electron chi connectivity index (χ0n) is 15.4. The van der Waals surface area contributed by atoms with Crippen molar-refractivity contribution in [2.75, 3.05) is 26.2 Å². The average molecular weight is 432 g/mol. The first-order valence-corrected chi connectivity index (χ1v) is 10.3. The van der Waals surface area contributed by atoms with Gasteiger partial charge in [0.15, 0.2) is 0 Å². The Labute approximate surface area is 175 Å². The van der Waals surface area contributed by atoms with Gasteiger partial charge < -0.3 is 9.80 Å². The molecule has 2 aromatic heterocycles. The molecule has 1 aliphatic heterocycles. The minimum atomic E-state index is -0.0618. The second kappa shape index (κ2) is 8.66. The average Bonchev–Trinajstić information content (AvgIpc) is 3.40. The second-order valence-electron chi connectivity index (χ2n) is 6.57. The summed E-state index contributed by atoms with van der Waals surface area (Å²) in [5.74, 6) is -0.0538. The maximum Gasteiger partial charge on any atom is 0.244 e. The van der Waals surface area contributed by atoms with Gasteiger partial charge in [-0.1, -0.05) is 29.8 Å². The summed E-state index contributed by atoms with van der Waals surface area (Å²) >= 11 is 7.70. The van der Waals surface area contributed by atoms with Gasteiger partial charge in [0.05, 0.1) is 17.1 Å². The van der Waals surface area contributed by atoms with Crippen molar-refractivity contribution in [3.63, 3.8) is 0 Å². The van der Waals surface area contributed by atoms with E-state index in [4.69, 9.17) is 11.6 Å². The molecule has 0 spiro atoms. The number of amides is 2. The van der Waals surface area contributed by atoms with Crippen molar-refractivity contribution in [1.29, 1.82) is 0 Å². The highest BCUT2D eigenvalue weighted by atomic mass is 35.5. The molecule has 0 unspecified atom stereocenters. The Hall–Kier alpha value is -2.85. The number of aromatic nitrogens is 5. The van der Waals surface area contributed by atoms with Crippen molar-refractivity contribution in [3.05, 3.63) is 46.7 Å². The van der Waals surface area contributed by atoms with E-state index >= 15 is 0 Å². The predicted molar refractivity (Wildman–Crippen MR) is 107 cm³/mol. The number of hydrogen-bond acceptors (Lipinski definition) is 7. The SMILES string of the molecule is O=C(Cc1csc(-c2ccccc2Cl)n1)N1CCN(C(=O)Cn2cnnn2)CC1. The first-order chi connectivity index (χ1) is 14.1. The van der Waals surface area contributed by atoms with E-state index < -0.39 is 0 Å². The summed E-state index contributed by atoms with van der Waals surface area (Å²) in [5.41, 5.74) is 1.60. The third kappa shape index (κ3) is 4.60. The third-order valence-electron chi connectivity index (χ3n) is 4.66. The highest BCUT2D eigenvalue weighted by Gasteiger charge is 2.25. The van der Waals surface area contributed by atoms with Crippen LogP contribution in [0.15, 0.2) is 36.0 Å². The van der Waals surface area contributed by atoms with Gasteiger partial charge in [0, 0.05) is 37.1 Å². The van der Waals surface area contributed by atoms with Crippen LogP contribution in [-0.2, 0) is 22.6 Å². The lowest BCUT2D eigenvalue weighted by molar-refractivity contribution is -0.139. The van der Waals surface area contributed by atoms with E-state index in [2.05, 4.69) is 20.5 Å². The molecule has 0 N–H and O–H groups in total. The van der Waals surface area contributed by atoms with Crippen LogP contribution in [0, 0.1) is 0 Å². The molecule has 0 radical (unpaired) electrons. The van der Waals surface area contributed by atoms with E-state index in [1.807, 2.05) is 29.6 Å². The molecule has 4 rings (SSSR count). The van der Waals surface area contributed by atoms with Gasteiger partial charge in [-0.25, -0.2) is 9.67 Å². The van der Waals surface area contributed by atoms with Crippen molar-refractivity contribution in [1.82, 2.24) is 35.0 Å². The number of nitrogens with zero attached hydrogens (tertiary/aromatic N) is 7. The van der Waals surface area contributed by atoms with Crippen LogP contribution < -0.4 is 0 Å². The third-order valence-corrected chi connectivity index (χ3v) is 5.92. The number of rotatable bonds is 5. The summed E-state index contributed by atoms with van der Waals surface area (Å²) in [5, 5.41) is 14.1. The molecular weight excluding hydrogens is 414 g/mol. The quantitative estimate of drug-likeness (QED) is 0.605. The van der Waals surface area contributed by atoms with Crippen LogP contribution in [0.3, 0.4) is 0 Å². The monoisotopic (exact) mass is 431 g/mol. The summed E-state index contributed by atoms with van der Waals surface area (Å²) in [6, 6.07) is 7.52. The van der Waals surface area contributed by atoms with Crippen molar-refractivity contribution in [2.45, 2.75) is 13.0 Å². The molecule has 3 heterocycles. The standard InChI is InChI=1S/C18H18ClN7O2S/c19-15-4-2-1-3-14(15)18-21-13(11-29-18)9-16(27)24-5-7-25(8-6-24)17(28)10-26-12-20-22-23-26/h1-4,11-12H,5-10H2. The molecule has 3 aromatic rings. The molecule has 1 aromatic carbocycles. The molecule has 29 heavy (non-hydrogen) atoms. The number of thiazole rings is 1. The van der Waals surface area contributed by atoms with Gasteiger partial charge in [-0.3, -0.25) is 9.59 Å². The Morgan fingerprint density at radius 3 is 2.48 bits per heavy atom. The predicted octanol–water partition coefficient (Wildman–Crippen LogP) is 1.36. The maximum absolute atomic E-state index is 12.6. The summed E-state index contributed by atoms with van der Waals surface area (Å²) in [6.45, 7) is 2.09. The largest absolute Gasteiger partial charge is 0.339 e. The van der Waals surface area contributed by atoms with Gasteiger partial charge >= 0.3 is 0 Å². The lowest BCUT2D eigenvalue weighted by Crippen LogP contribution is -2.51. The van der Waals surface area contributed by atoms with E-state index in [0.29, 0.717) is 31.2 Å². The molecule has 1 fully saturated rings. The van der Waals surface area contributed by atoms with Gasteiger partial charge in [-0.05, 0) is 16.5 Å². The van der Waals surface area contributed by atoms with Crippen LogP contribution in [0.5, 0.6) is 0 Å². The Morgan fingerprint density at radius 2 is 1.79 bits per heavy atom. The molecule has 1 saturated heterocycles. The number of carbonyl (C=O) groups is 2. The Kier molecular flexibility index (Phi) is 5.81. The lowest BCUT2D eigenvalue weighted by atomic mass is 10.2. The van der Waals surface area contributed by atoms with Crippen molar-refractivity contribution in [2.24, 2.45) is 0 Å². The smallest absolute Gasteiger partial charge is 0.244 e. The van der Waals surface area contributed by atoms with Gasteiger partial charge in [-0.15, -0.1) is 16.4 Å². The minimum Gasteiger partial charge on any atom is -0.339 e. The van der Waals surface area contributed by atoms with Gasteiger partial charge in [0.2, 0.25) is 11.8 Å². The second-order valence-corrected chi connectivity index (χ2v) is 7.83. The van der Waals surface area contributed by atoms with E-state index in [0.717, 1.165) is 16.3 Å². The summed E-state index contributed by atoms with van der Waals surface area (Å²) in [6.07, 6.45) is 1.64. The van der Waals surface area contributed by atoms with Crippen molar-refractivity contribution >= 4 is 34.8 Å². The molecule has 1 aliphatic rings. The summed E-state index contributed by atoms with van der Waals surface area (Å²) in [4.78, 5) is 33.0. The number of piperazine rings is 1. The Bertz CT molecular complexity index is 999. The molecule has 150 valence electrons.